The highest BCUT2D eigenvalue weighted by Gasteiger charge is 2.38. The number of hydrogen-bond acceptors (Lipinski definition) is 1. The molecule has 1 nitrogen and oxygen atoms in total. The molecule has 0 aromatic heterocycles. The Bertz CT molecular complexity index is 162. The molecule has 0 aromatic carbocycles. The highest BCUT2D eigenvalue weighted by molar-refractivity contribution is 4.93. The van der Waals surface area contributed by atoms with Gasteiger partial charge in [0.05, 0.1) is 0 Å². The predicted octanol–water partition coefficient (Wildman–Crippen LogP) is 4.52. The number of nitrogens with one attached hydrogen (secondary N) is 1. The lowest BCUT2D eigenvalue weighted by atomic mass is 9.74. The average Bonchev–Trinajstić information content (AvgIpc) is 2.79. The molecule has 1 aliphatic rings. The molecular weight excluding hydrogens is 194 g/mol. The number of unbranched alkanes of at least 4 members (excludes halogenated alkanes) is 1. The lowest BCUT2D eigenvalue weighted by Gasteiger charge is -2.38. The van der Waals surface area contributed by atoms with Crippen LogP contribution in [0, 0.1) is 5.41 Å². The van der Waals surface area contributed by atoms with Crippen molar-refractivity contribution >= 4 is 0 Å². The highest BCUT2D eigenvalue weighted by Crippen LogP contribution is 2.45. The third-order valence-electron chi connectivity index (χ3n) is 4.53. The Kier molecular flexibility index (Phi) is 6.41. The van der Waals surface area contributed by atoms with Gasteiger partial charge in [0.2, 0.25) is 0 Å². The van der Waals surface area contributed by atoms with Crippen LogP contribution < -0.4 is 5.32 Å². The smallest absolute Gasteiger partial charge is 0.0123 e. The van der Waals surface area contributed by atoms with Crippen LogP contribution in [0.5, 0.6) is 0 Å². The average molecular weight is 225 g/mol. The predicted molar refractivity (Wildman–Crippen MR) is 72.8 cm³/mol. The fourth-order valence-electron chi connectivity index (χ4n) is 3.38. The summed E-state index contributed by atoms with van der Waals surface area (Å²) in [5, 5.41) is 3.84. The molecular formula is C15H31N. The topological polar surface area (TPSA) is 12.0 Å². The van der Waals surface area contributed by atoms with Crippen molar-refractivity contribution in [2.24, 2.45) is 5.41 Å². The zero-order valence-electron chi connectivity index (χ0n) is 11.6. The van der Waals surface area contributed by atoms with Gasteiger partial charge in [-0.05, 0) is 44.1 Å². The van der Waals surface area contributed by atoms with Gasteiger partial charge in [0, 0.05) is 6.04 Å². The van der Waals surface area contributed by atoms with Crippen LogP contribution in [0.1, 0.15) is 78.6 Å². The fourth-order valence-corrected chi connectivity index (χ4v) is 3.38. The van der Waals surface area contributed by atoms with E-state index in [9.17, 15) is 0 Å². The van der Waals surface area contributed by atoms with E-state index in [-0.39, 0.29) is 0 Å². The molecule has 0 spiro atoms. The monoisotopic (exact) mass is 225 g/mol. The Labute approximate surface area is 102 Å². The summed E-state index contributed by atoms with van der Waals surface area (Å²) in [6.07, 6.45) is 12.6. The van der Waals surface area contributed by atoms with E-state index < -0.39 is 0 Å². The maximum Gasteiger partial charge on any atom is 0.0123 e. The number of rotatable bonds is 8. The van der Waals surface area contributed by atoms with Crippen molar-refractivity contribution in [3.8, 4) is 0 Å². The SMILES string of the molecule is CCCCC(NCCC)C1(CC)CCCC1. The van der Waals surface area contributed by atoms with Crippen LogP contribution in [-0.2, 0) is 0 Å². The van der Waals surface area contributed by atoms with E-state index in [0.29, 0.717) is 5.41 Å². The number of hydrogen-bond donors (Lipinski definition) is 1. The Morgan fingerprint density at radius 1 is 1.06 bits per heavy atom. The van der Waals surface area contributed by atoms with Gasteiger partial charge >= 0.3 is 0 Å². The maximum atomic E-state index is 3.84. The van der Waals surface area contributed by atoms with Crippen LogP contribution in [-0.4, -0.2) is 12.6 Å². The molecule has 1 unspecified atom stereocenters. The molecule has 1 N–H and O–H groups in total. The third kappa shape index (κ3) is 3.48. The summed E-state index contributed by atoms with van der Waals surface area (Å²) in [7, 11) is 0. The van der Waals surface area contributed by atoms with Crippen molar-refractivity contribution in [3.63, 3.8) is 0 Å². The molecule has 0 aromatic rings. The Morgan fingerprint density at radius 3 is 2.25 bits per heavy atom. The van der Waals surface area contributed by atoms with Crippen LogP contribution in [0.25, 0.3) is 0 Å². The molecule has 0 radical (unpaired) electrons. The molecule has 0 bridgehead atoms. The van der Waals surface area contributed by atoms with E-state index in [2.05, 4.69) is 26.1 Å². The van der Waals surface area contributed by atoms with Gasteiger partial charge in [0.25, 0.3) is 0 Å². The van der Waals surface area contributed by atoms with Crippen molar-refractivity contribution in [1.29, 1.82) is 0 Å². The fraction of sp³-hybridized carbons (Fsp3) is 1.00. The summed E-state index contributed by atoms with van der Waals surface area (Å²) in [6, 6.07) is 0.792. The van der Waals surface area contributed by atoms with Crippen molar-refractivity contribution in [1.82, 2.24) is 5.32 Å². The van der Waals surface area contributed by atoms with E-state index >= 15 is 0 Å². The van der Waals surface area contributed by atoms with E-state index in [1.165, 1.54) is 64.3 Å². The van der Waals surface area contributed by atoms with Gasteiger partial charge in [-0.15, -0.1) is 0 Å². The quantitative estimate of drug-likeness (QED) is 0.640. The minimum Gasteiger partial charge on any atom is -0.313 e. The lowest BCUT2D eigenvalue weighted by molar-refractivity contribution is 0.174. The highest BCUT2D eigenvalue weighted by atomic mass is 14.9. The normalized spacial score (nSPS) is 21.2. The first-order chi connectivity index (χ1) is 7.79. The third-order valence-corrected chi connectivity index (χ3v) is 4.53. The van der Waals surface area contributed by atoms with Crippen molar-refractivity contribution < 1.29 is 0 Å². The minimum absolute atomic E-state index is 0.643. The van der Waals surface area contributed by atoms with Gasteiger partial charge in [0.1, 0.15) is 0 Å². The van der Waals surface area contributed by atoms with Crippen molar-refractivity contribution in [2.75, 3.05) is 6.54 Å². The molecule has 1 fully saturated rings. The summed E-state index contributed by atoms with van der Waals surface area (Å²) < 4.78 is 0. The summed E-state index contributed by atoms with van der Waals surface area (Å²) >= 11 is 0. The molecule has 0 amide bonds. The second-order valence-corrected chi connectivity index (χ2v) is 5.57. The second kappa shape index (κ2) is 7.32. The zero-order valence-corrected chi connectivity index (χ0v) is 11.6. The van der Waals surface area contributed by atoms with Gasteiger partial charge in [-0.3, -0.25) is 0 Å². The first kappa shape index (κ1) is 14.0. The summed E-state index contributed by atoms with van der Waals surface area (Å²) in [5.74, 6) is 0. The van der Waals surface area contributed by atoms with Crippen molar-refractivity contribution in [3.05, 3.63) is 0 Å². The molecule has 1 heteroatoms. The standard InChI is InChI=1S/C15H31N/c1-4-7-10-14(16-13-5-2)15(6-3)11-8-9-12-15/h14,16H,4-13H2,1-3H3. The molecule has 96 valence electrons. The van der Waals surface area contributed by atoms with Gasteiger partial charge in [-0.25, -0.2) is 0 Å². The van der Waals surface area contributed by atoms with Crippen LogP contribution in [0.3, 0.4) is 0 Å². The molecule has 0 aliphatic heterocycles. The van der Waals surface area contributed by atoms with Gasteiger partial charge < -0.3 is 5.32 Å². The summed E-state index contributed by atoms with van der Waals surface area (Å²) in [4.78, 5) is 0. The van der Waals surface area contributed by atoms with E-state index in [1.807, 2.05) is 0 Å². The van der Waals surface area contributed by atoms with Crippen LogP contribution in [0.4, 0.5) is 0 Å². The van der Waals surface area contributed by atoms with Crippen molar-refractivity contribution in [2.45, 2.75) is 84.6 Å². The molecule has 0 heterocycles. The zero-order chi connectivity index (χ0) is 11.9. The van der Waals surface area contributed by atoms with E-state index in [0.717, 1.165) is 6.04 Å². The molecule has 1 atom stereocenters. The Hall–Kier alpha value is -0.0400. The molecule has 1 rings (SSSR count). The van der Waals surface area contributed by atoms with Crippen LogP contribution in [0.2, 0.25) is 0 Å². The largest absolute Gasteiger partial charge is 0.313 e. The van der Waals surface area contributed by atoms with E-state index in [4.69, 9.17) is 0 Å². The van der Waals surface area contributed by atoms with Crippen LogP contribution in [0.15, 0.2) is 0 Å². The maximum absolute atomic E-state index is 3.84. The van der Waals surface area contributed by atoms with Gasteiger partial charge in [0.15, 0.2) is 0 Å². The van der Waals surface area contributed by atoms with Gasteiger partial charge in [-0.1, -0.05) is 46.5 Å². The molecule has 1 saturated carbocycles. The summed E-state index contributed by atoms with van der Waals surface area (Å²) in [5.41, 5.74) is 0.643. The molecule has 16 heavy (non-hydrogen) atoms. The molecule has 1 aliphatic carbocycles. The Morgan fingerprint density at radius 2 is 1.75 bits per heavy atom. The first-order valence-electron chi connectivity index (χ1n) is 7.52. The first-order valence-corrected chi connectivity index (χ1v) is 7.52. The molecule has 0 saturated heterocycles. The minimum atomic E-state index is 0.643. The van der Waals surface area contributed by atoms with Crippen LogP contribution >= 0.6 is 0 Å². The van der Waals surface area contributed by atoms with Gasteiger partial charge in [-0.2, -0.15) is 0 Å². The Balaban J connectivity index is 2.56. The summed E-state index contributed by atoms with van der Waals surface area (Å²) in [6.45, 7) is 8.19. The lowest BCUT2D eigenvalue weighted by Crippen LogP contribution is -2.44. The van der Waals surface area contributed by atoms with E-state index in [1.54, 1.807) is 0 Å². The second-order valence-electron chi connectivity index (χ2n) is 5.57.